The van der Waals surface area contributed by atoms with Crippen molar-refractivity contribution in [3.63, 3.8) is 0 Å². The van der Waals surface area contributed by atoms with Gasteiger partial charge in [0.05, 0.1) is 6.04 Å². The lowest BCUT2D eigenvalue weighted by atomic mass is 10.1. The van der Waals surface area contributed by atoms with Gasteiger partial charge in [-0.15, -0.1) is 0 Å². The Hall–Kier alpha value is -2.58. The Morgan fingerprint density at radius 3 is 2.62 bits per heavy atom. The Morgan fingerprint density at radius 1 is 1.43 bits per heavy atom. The van der Waals surface area contributed by atoms with Crippen molar-refractivity contribution in [2.24, 2.45) is 5.73 Å². The number of nitrogens with zero attached hydrogens (tertiary/aromatic N) is 1. The van der Waals surface area contributed by atoms with E-state index in [1.807, 2.05) is 6.92 Å². The molecule has 21 heavy (non-hydrogen) atoms. The number of urea groups is 1. The molecule has 0 saturated carbocycles. The summed E-state index contributed by atoms with van der Waals surface area (Å²) in [5.41, 5.74) is 4.97. The van der Waals surface area contributed by atoms with E-state index in [2.05, 4.69) is 20.6 Å². The zero-order valence-corrected chi connectivity index (χ0v) is 11.6. The Morgan fingerprint density at radius 2 is 2.14 bits per heavy atom. The molecule has 1 aromatic heterocycles. The lowest BCUT2D eigenvalue weighted by molar-refractivity contribution is -0.139. The first-order valence-corrected chi connectivity index (χ1v) is 6.51. The molecular formula is C12H19N5O4. The molecule has 2 atom stereocenters. The zero-order valence-electron chi connectivity index (χ0n) is 11.6. The first kappa shape index (κ1) is 16.5. The molecular weight excluding hydrogens is 278 g/mol. The molecule has 0 fully saturated rings. The zero-order chi connectivity index (χ0) is 15.8. The minimum atomic E-state index is -1.22. The number of primary amides is 1. The largest absolute Gasteiger partial charge is 0.480 e. The minimum Gasteiger partial charge on any atom is -0.480 e. The van der Waals surface area contributed by atoms with Gasteiger partial charge in [-0.1, -0.05) is 6.92 Å². The van der Waals surface area contributed by atoms with Crippen LogP contribution in [0, 0.1) is 0 Å². The van der Waals surface area contributed by atoms with Crippen LogP contribution in [0.25, 0.3) is 0 Å². The number of hydrogen-bond acceptors (Lipinski definition) is 4. The van der Waals surface area contributed by atoms with Crippen LogP contribution in [-0.2, 0) is 9.59 Å². The molecule has 0 radical (unpaired) electrons. The second-order valence-corrected chi connectivity index (χ2v) is 4.45. The van der Waals surface area contributed by atoms with Gasteiger partial charge in [0.25, 0.3) is 0 Å². The number of imidazole rings is 1. The van der Waals surface area contributed by atoms with E-state index in [1.165, 1.54) is 0 Å². The molecule has 0 aromatic carbocycles. The minimum absolute atomic E-state index is 0.0599. The molecule has 6 N–H and O–H groups in total. The maximum atomic E-state index is 11.8. The van der Waals surface area contributed by atoms with Crippen LogP contribution >= 0.6 is 0 Å². The van der Waals surface area contributed by atoms with Gasteiger partial charge >= 0.3 is 12.0 Å². The van der Waals surface area contributed by atoms with Crippen LogP contribution < -0.4 is 16.4 Å². The van der Waals surface area contributed by atoms with Crippen LogP contribution in [0.1, 0.15) is 38.1 Å². The number of carbonyl (C=O) groups excluding carboxylic acids is 2. The van der Waals surface area contributed by atoms with Crippen molar-refractivity contribution in [2.45, 2.75) is 38.3 Å². The molecule has 1 rings (SSSR count). The van der Waals surface area contributed by atoms with E-state index < -0.39 is 23.9 Å². The molecule has 0 aliphatic heterocycles. The number of nitrogens with two attached hydrogens (primary N) is 1. The van der Waals surface area contributed by atoms with Crippen LogP contribution in [0.4, 0.5) is 4.79 Å². The van der Waals surface area contributed by atoms with Gasteiger partial charge < -0.3 is 26.5 Å². The molecule has 0 aliphatic rings. The van der Waals surface area contributed by atoms with Crippen LogP contribution in [0.15, 0.2) is 12.4 Å². The lowest BCUT2D eigenvalue weighted by Gasteiger charge is -2.18. The van der Waals surface area contributed by atoms with E-state index in [0.717, 1.165) is 0 Å². The lowest BCUT2D eigenvalue weighted by Crippen LogP contribution is -2.47. The van der Waals surface area contributed by atoms with Gasteiger partial charge in [-0.05, 0) is 12.8 Å². The van der Waals surface area contributed by atoms with E-state index in [9.17, 15) is 14.4 Å². The smallest absolute Gasteiger partial charge is 0.326 e. The first-order valence-electron chi connectivity index (χ1n) is 6.51. The van der Waals surface area contributed by atoms with E-state index in [-0.39, 0.29) is 18.9 Å². The molecule has 0 bridgehead atoms. The normalized spacial score (nSPS) is 13.2. The second kappa shape index (κ2) is 7.88. The molecule has 9 nitrogen and oxygen atoms in total. The molecule has 3 amide bonds. The second-order valence-electron chi connectivity index (χ2n) is 4.45. The highest BCUT2D eigenvalue weighted by Gasteiger charge is 2.22. The van der Waals surface area contributed by atoms with E-state index in [0.29, 0.717) is 12.2 Å². The van der Waals surface area contributed by atoms with Gasteiger partial charge in [-0.3, -0.25) is 4.79 Å². The van der Waals surface area contributed by atoms with Gasteiger partial charge in [0.1, 0.15) is 11.9 Å². The quantitative estimate of drug-likeness (QED) is 0.453. The third-order valence-electron chi connectivity index (χ3n) is 2.85. The van der Waals surface area contributed by atoms with Crippen molar-refractivity contribution in [1.29, 1.82) is 0 Å². The summed E-state index contributed by atoms with van der Waals surface area (Å²) in [6.45, 7) is 1.86. The van der Waals surface area contributed by atoms with Crippen molar-refractivity contribution in [2.75, 3.05) is 0 Å². The summed E-state index contributed by atoms with van der Waals surface area (Å²) < 4.78 is 0. The van der Waals surface area contributed by atoms with Gasteiger partial charge in [-0.2, -0.15) is 0 Å². The first-order chi connectivity index (χ1) is 9.93. The van der Waals surface area contributed by atoms with Crippen molar-refractivity contribution in [1.82, 2.24) is 20.6 Å². The summed E-state index contributed by atoms with van der Waals surface area (Å²) in [4.78, 5) is 40.4. The SMILES string of the molecule is CCC(NC(=O)N[C@@H](CCC(N)=O)C(=O)O)c1ncc[nH]1. The molecule has 1 heterocycles. The summed E-state index contributed by atoms with van der Waals surface area (Å²) in [6.07, 6.45) is 3.59. The number of nitrogens with one attached hydrogen (secondary N) is 3. The molecule has 9 heteroatoms. The number of H-pyrrole nitrogens is 1. The van der Waals surface area contributed by atoms with Crippen molar-refractivity contribution >= 4 is 17.9 Å². The number of hydrogen-bond donors (Lipinski definition) is 5. The molecule has 0 spiro atoms. The summed E-state index contributed by atoms with van der Waals surface area (Å²) in [5, 5.41) is 13.9. The van der Waals surface area contributed by atoms with Gasteiger partial charge in [0, 0.05) is 18.8 Å². The topological polar surface area (TPSA) is 150 Å². The number of aliphatic carboxylic acids is 1. The van der Waals surface area contributed by atoms with Crippen LogP contribution in [-0.4, -0.2) is 39.0 Å². The van der Waals surface area contributed by atoms with Gasteiger partial charge in [-0.25, -0.2) is 14.6 Å². The Balaban J connectivity index is 2.56. The van der Waals surface area contributed by atoms with Crippen molar-refractivity contribution in [3.8, 4) is 0 Å². The predicted molar refractivity (Wildman–Crippen MR) is 73.1 cm³/mol. The molecule has 1 aromatic rings. The molecule has 0 saturated heterocycles. The Kier molecular flexibility index (Phi) is 6.18. The highest BCUT2D eigenvalue weighted by molar-refractivity contribution is 5.83. The fourth-order valence-electron chi connectivity index (χ4n) is 1.73. The van der Waals surface area contributed by atoms with Crippen LogP contribution in [0.2, 0.25) is 0 Å². The number of aromatic nitrogens is 2. The maximum absolute atomic E-state index is 11.8. The summed E-state index contributed by atoms with van der Waals surface area (Å²) in [6, 6.07) is -2.17. The highest BCUT2D eigenvalue weighted by atomic mass is 16.4. The summed E-state index contributed by atoms with van der Waals surface area (Å²) in [7, 11) is 0. The average molecular weight is 297 g/mol. The summed E-state index contributed by atoms with van der Waals surface area (Å²) in [5.74, 6) is -1.26. The molecule has 1 unspecified atom stereocenters. The maximum Gasteiger partial charge on any atom is 0.326 e. The van der Waals surface area contributed by atoms with Gasteiger partial charge in [0.2, 0.25) is 5.91 Å². The van der Waals surface area contributed by atoms with Crippen molar-refractivity contribution in [3.05, 3.63) is 18.2 Å². The number of aromatic amines is 1. The fraction of sp³-hybridized carbons (Fsp3) is 0.500. The van der Waals surface area contributed by atoms with Gasteiger partial charge in [0.15, 0.2) is 0 Å². The molecule has 116 valence electrons. The molecule has 0 aliphatic carbocycles. The summed E-state index contributed by atoms with van der Waals surface area (Å²) >= 11 is 0. The Labute approximate surface area is 121 Å². The standard InChI is InChI=1S/C12H19N5O4/c1-2-7(10-14-5-6-15-10)16-12(21)17-8(11(19)20)3-4-9(13)18/h5-8H,2-4H2,1H3,(H2,13,18)(H,14,15)(H,19,20)(H2,16,17,21)/t7?,8-/m0/s1. The number of carboxylic acids is 1. The van der Waals surface area contributed by atoms with E-state index >= 15 is 0 Å². The van der Waals surface area contributed by atoms with E-state index in [1.54, 1.807) is 12.4 Å². The predicted octanol–water partition coefficient (Wildman–Crippen LogP) is -0.121. The number of amides is 3. The van der Waals surface area contributed by atoms with Crippen molar-refractivity contribution < 1.29 is 19.5 Å². The Bertz CT molecular complexity index is 488. The number of carbonyl (C=O) groups is 3. The van der Waals surface area contributed by atoms with Crippen LogP contribution in [0.3, 0.4) is 0 Å². The number of carboxylic acid groups (broad SMARTS) is 1. The fourth-order valence-corrected chi connectivity index (χ4v) is 1.73. The highest BCUT2D eigenvalue weighted by Crippen LogP contribution is 2.10. The van der Waals surface area contributed by atoms with Crippen LogP contribution in [0.5, 0.6) is 0 Å². The number of rotatable bonds is 8. The third kappa shape index (κ3) is 5.51. The average Bonchev–Trinajstić information content (AvgIpc) is 2.94. The third-order valence-corrected chi connectivity index (χ3v) is 2.85. The van der Waals surface area contributed by atoms with E-state index in [4.69, 9.17) is 10.8 Å². The monoisotopic (exact) mass is 297 g/mol.